The van der Waals surface area contributed by atoms with Crippen LogP contribution in [0.1, 0.15) is 0 Å². The molecule has 23 heavy (non-hydrogen) atoms. The van der Waals surface area contributed by atoms with Gasteiger partial charge in [0.1, 0.15) is 5.75 Å². The third kappa shape index (κ3) is 5.71. The first kappa shape index (κ1) is 17.0. The highest BCUT2D eigenvalue weighted by atomic mass is 35.5. The Balaban J connectivity index is 1.87. The van der Waals surface area contributed by atoms with E-state index in [4.69, 9.17) is 4.74 Å². The van der Waals surface area contributed by atoms with Crippen molar-refractivity contribution in [2.75, 3.05) is 11.9 Å². The van der Waals surface area contributed by atoms with E-state index in [1.165, 1.54) is 42.5 Å². The van der Waals surface area contributed by atoms with E-state index in [1.807, 2.05) is 0 Å². The second kappa shape index (κ2) is 7.23. The van der Waals surface area contributed by atoms with Crippen molar-refractivity contribution >= 4 is 23.2 Å². The Labute approximate surface area is 134 Å². The van der Waals surface area contributed by atoms with E-state index in [9.17, 15) is 18.0 Å². The predicted octanol–water partition coefficient (Wildman–Crippen LogP) is 4.01. The van der Waals surface area contributed by atoms with Crippen LogP contribution in [-0.2, 0) is 4.79 Å². The summed E-state index contributed by atoms with van der Waals surface area (Å²) in [4.78, 5) is 11.7. The number of alkyl halides is 3. The molecule has 0 aliphatic carbocycles. The summed E-state index contributed by atoms with van der Waals surface area (Å²) in [5, 5.41) is 2.46. The van der Waals surface area contributed by atoms with E-state index in [1.54, 1.807) is 6.07 Å². The maximum atomic E-state index is 13.3. The van der Waals surface area contributed by atoms with Crippen LogP contribution in [0.4, 0.5) is 18.9 Å². The van der Waals surface area contributed by atoms with E-state index in [-0.39, 0.29) is 11.5 Å². The Morgan fingerprint density at radius 2 is 1.78 bits per heavy atom. The summed E-state index contributed by atoms with van der Waals surface area (Å²) in [7, 11) is 0. The molecule has 0 fully saturated rings. The molecule has 0 heterocycles. The molecule has 0 aliphatic heterocycles. The highest BCUT2D eigenvalue weighted by Crippen LogP contribution is 2.25. The first-order valence-electron chi connectivity index (χ1n) is 6.36. The van der Waals surface area contributed by atoms with Gasteiger partial charge in [0, 0.05) is 17.3 Å². The first-order valence-corrected chi connectivity index (χ1v) is 6.74. The molecule has 2 aromatic carbocycles. The zero-order valence-electron chi connectivity index (χ0n) is 11.6. The second-order valence-electron chi connectivity index (χ2n) is 4.34. The highest BCUT2D eigenvalue weighted by Gasteiger charge is 2.27. The summed E-state index contributed by atoms with van der Waals surface area (Å²) < 4.78 is 47.3. The zero-order valence-corrected chi connectivity index (χ0v) is 12.3. The molecule has 2 rings (SSSR count). The highest BCUT2D eigenvalue weighted by molar-refractivity contribution is 6.20. The van der Waals surface area contributed by atoms with Crippen molar-refractivity contribution in [1.29, 1.82) is 0 Å². The van der Waals surface area contributed by atoms with Crippen LogP contribution in [0, 0.1) is 5.82 Å². The van der Waals surface area contributed by atoms with Crippen LogP contribution in [0.5, 0.6) is 11.5 Å². The van der Waals surface area contributed by atoms with Gasteiger partial charge in [0.2, 0.25) is 0 Å². The van der Waals surface area contributed by atoms with Gasteiger partial charge < -0.3 is 14.8 Å². The van der Waals surface area contributed by atoms with Gasteiger partial charge in [-0.25, -0.2) is 4.39 Å². The molecule has 0 radical (unpaired) electrons. The normalized spacial score (nSPS) is 11.0. The van der Waals surface area contributed by atoms with Gasteiger partial charge >= 0.3 is 5.57 Å². The average Bonchev–Trinajstić information content (AvgIpc) is 2.47. The number of anilines is 1. The lowest BCUT2D eigenvalue weighted by Gasteiger charge is -2.11. The number of rotatable bonds is 6. The molecule has 0 aromatic heterocycles. The van der Waals surface area contributed by atoms with Crippen LogP contribution < -0.4 is 14.8 Å². The molecular formula is C15H11ClF3NO3. The van der Waals surface area contributed by atoms with Gasteiger partial charge in [-0.2, -0.15) is 0 Å². The fourth-order valence-electron chi connectivity index (χ4n) is 1.64. The van der Waals surface area contributed by atoms with E-state index < -0.39 is 23.9 Å². The van der Waals surface area contributed by atoms with E-state index in [2.05, 4.69) is 21.7 Å². The fraction of sp³-hybridized carbons (Fsp3) is 0.133. The van der Waals surface area contributed by atoms with E-state index >= 15 is 0 Å². The van der Waals surface area contributed by atoms with Gasteiger partial charge in [-0.3, -0.25) is 4.79 Å². The second-order valence-corrected chi connectivity index (χ2v) is 4.78. The number of ether oxygens (including phenoxy) is 2. The molecule has 0 aliphatic rings. The number of carbonyl (C=O) groups is 1. The summed E-state index contributed by atoms with van der Waals surface area (Å²) in [5.41, 5.74) is -3.48. The molecule has 0 atom stereocenters. The molecular weight excluding hydrogens is 335 g/mol. The summed E-state index contributed by atoms with van der Waals surface area (Å²) in [6.07, 6.45) is 0. The number of nitrogens with one attached hydrogen (secondary N) is 1. The van der Waals surface area contributed by atoms with Gasteiger partial charge in [-0.15, -0.1) is 8.78 Å². The molecule has 1 N–H and O–H groups in total. The third-order valence-electron chi connectivity index (χ3n) is 2.57. The Morgan fingerprint density at radius 3 is 2.39 bits per heavy atom. The van der Waals surface area contributed by atoms with Crippen molar-refractivity contribution in [3.05, 3.63) is 54.3 Å². The van der Waals surface area contributed by atoms with Gasteiger partial charge in [0.15, 0.2) is 18.2 Å². The van der Waals surface area contributed by atoms with Crippen LogP contribution in [0.15, 0.2) is 48.5 Å². The number of carbonyl (C=O) groups excluding carboxylic acids is 1. The van der Waals surface area contributed by atoms with Crippen LogP contribution in [-0.4, -0.2) is 18.1 Å². The molecule has 0 spiro atoms. The minimum Gasteiger partial charge on any atom is -0.481 e. The van der Waals surface area contributed by atoms with Crippen molar-refractivity contribution in [3.63, 3.8) is 0 Å². The topological polar surface area (TPSA) is 47.6 Å². The van der Waals surface area contributed by atoms with Crippen LogP contribution in [0.2, 0.25) is 0 Å². The van der Waals surface area contributed by atoms with Gasteiger partial charge in [0.25, 0.3) is 5.91 Å². The Bertz CT molecular complexity index is 674. The SMILES string of the molecule is O=C(COc1ccccc1F)Nc1ccc(OC(F)(F)Cl)cc1. The van der Waals surface area contributed by atoms with Gasteiger partial charge in [-0.05, 0) is 36.4 Å². The quantitative estimate of drug-likeness (QED) is 0.805. The molecule has 4 nitrogen and oxygen atoms in total. The molecule has 0 saturated heterocycles. The van der Waals surface area contributed by atoms with E-state index in [0.717, 1.165) is 0 Å². The predicted molar refractivity (Wildman–Crippen MR) is 78.4 cm³/mol. The standard InChI is InChI=1S/C15H11ClF3NO3/c16-15(18,19)23-11-7-5-10(6-8-11)20-14(21)9-22-13-4-2-1-3-12(13)17/h1-8H,9H2,(H,20,21). The summed E-state index contributed by atoms with van der Waals surface area (Å²) >= 11 is 4.63. The summed E-state index contributed by atoms with van der Waals surface area (Å²) in [6.45, 7) is -0.404. The minimum absolute atomic E-state index is 0.0456. The summed E-state index contributed by atoms with van der Waals surface area (Å²) in [6, 6.07) is 10.8. The maximum Gasteiger partial charge on any atom is 0.487 e. The van der Waals surface area contributed by atoms with Crippen molar-refractivity contribution in [2.45, 2.75) is 5.57 Å². The number of para-hydroxylation sites is 1. The number of benzene rings is 2. The molecule has 122 valence electrons. The maximum absolute atomic E-state index is 13.3. The number of amides is 1. The number of hydrogen-bond donors (Lipinski definition) is 1. The van der Waals surface area contributed by atoms with Crippen LogP contribution in [0.25, 0.3) is 0 Å². The Hall–Kier alpha value is -2.41. The molecule has 1 amide bonds. The third-order valence-corrected chi connectivity index (χ3v) is 2.64. The fourth-order valence-corrected chi connectivity index (χ4v) is 1.73. The van der Waals surface area contributed by atoms with Crippen molar-refractivity contribution in [1.82, 2.24) is 0 Å². The number of hydrogen-bond acceptors (Lipinski definition) is 3. The molecule has 2 aromatic rings. The lowest BCUT2D eigenvalue weighted by atomic mass is 10.3. The Morgan fingerprint density at radius 1 is 1.13 bits per heavy atom. The molecule has 0 unspecified atom stereocenters. The molecule has 0 bridgehead atoms. The average molecular weight is 346 g/mol. The lowest BCUT2D eigenvalue weighted by Crippen LogP contribution is -2.20. The van der Waals surface area contributed by atoms with Crippen molar-refractivity contribution in [2.24, 2.45) is 0 Å². The van der Waals surface area contributed by atoms with Crippen LogP contribution >= 0.6 is 11.6 Å². The molecule has 0 saturated carbocycles. The summed E-state index contributed by atoms with van der Waals surface area (Å²) in [5.74, 6) is -1.32. The first-order chi connectivity index (χ1) is 10.8. The largest absolute Gasteiger partial charge is 0.487 e. The zero-order chi connectivity index (χ0) is 16.9. The van der Waals surface area contributed by atoms with Gasteiger partial charge in [0.05, 0.1) is 0 Å². The van der Waals surface area contributed by atoms with E-state index in [0.29, 0.717) is 5.69 Å². The van der Waals surface area contributed by atoms with Gasteiger partial charge in [-0.1, -0.05) is 12.1 Å². The van der Waals surface area contributed by atoms with Crippen molar-refractivity contribution < 1.29 is 27.4 Å². The number of halogens is 4. The Kier molecular flexibility index (Phi) is 5.33. The lowest BCUT2D eigenvalue weighted by molar-refractivity contribution is -0.118. The minimum atomic E-state index is -3.81. The van der Waals surface area contributed by atoms with Crippen molar-refractivity contribution in [3.8, 4) is 11.5 Å². The smallest absolute Gasteiger partial charge is 0.481 e. The monoisotopic (exact) mass is 345 g/mol. The van der Waals surface area contributed by atoms with Crippen LogP contribution in [0.3, 0.4) is 0 Å². The molecule has 8 heteroatoms.